The van der Waals surface area contributed by atoms with Crippen LogP contribution in [0.3, 0.4) is 0 Å². The SMILES string of the molecule is NC1(C(=O)O)CCN(C(c2ccccc2)c2ccccc2)CC1. The number of carboxylic acid groups (broad SMARTS) is 1. The first-order valence-electron chi connectivity index (χ1n) is 7.96. The smallest absolute Gasteiger partial charge is 0.323 e. The molecule has 4 nitrogen and oxygen atoms in total. The molecule has 0 saturated carbocycles. The van der Waals surface area contributed by atoms with Crippen LogP contribution in [-0.2, 0) is 4.79 Å². The molecule has 0 aromatic heterocycles. The second-order valence-corrected chi connectivity index (χ2v) is 6.22. The zero-order valence-corrected chi connectivity index (χ0v) is 13.1. The van der Waals surface area contributed by atoms with Crippen LogP contribution in [0.1, 0.15) is 30.0 Å². The molecular weight excluding hydrogens is 288 g/mol. The van der Waals surface area contributed by atoms with Crippen molar-refractivity contribution < 1.29 is 9.90 Å². The van der Waals surface area contributed by atoms with E-state index in [1.165, 1.54) is 11.1 Å². The van der Waals surface area contributed by atoms with E-state index in [0.717, 1.165) is 0 Å². The van der Waals surface area contributed by atoms with Gasteiger partial charge < -0.3 is 10.8 Å². The Morgan fingerprint density at radius 2 is 1.39 bits per heavy atom. The average Bonchev–Trinajstić information content (AvgIpc) is 2.59. The van der Waals surface area contributed by atoms with Gasteiger partial charge in [-0.05, 0) is 24.0 Å². The van der Waals surface area contributed by atoms with Gasteiger partial charge in [0, 0.05) is 13.1 Å². The van der Waals surface area contributed by atoms with Crippen molar-refractivity contribution in [1.29, 1.82) is 0 Å². The Morgan fingerprint density at radius 3 is 1.78 bits per heavy atom. The van der Waals surface area contributed by atoms with E-state index in [0.29, 0.717) is 25.9 Å². The quantitative estimate of drug-likeness (QED) is 0.911. The molecule has 0 bridgehead atoms. The number of aliphatic carboxylic acids is 1. The Morgan fingerprint density at radius 1 is 0.957 bits per heavy atom. The summed E-state index contributed by atoms with van der Waals surface area (Å²) in [4.78, 5) is 13.7. The molecule has 1 heterocycles. The summed E-state index contributed by atoms with van der Waals surface area (Å²) in [7, 11) is 0. The van der Waals surface area contributed by atoms with E-state index in [9.17, 15) is 9.90 Å². The van der Waals surface area contributed by atoms with Crippen molar-refractivity contribution in [2.24, 2.45) is 5.73 Å². The van der Waals surface area contributed by atoms with E-state index in [4.69, 9.17) is 5.73 Å². The molecule has 0 spiro atoms. The van der Waals surface area contributed by atoms with Gasteiger partial charge in [-0.2, -0.15) is 0 Å². The third kappa shape index (κ3) is 3.28. The largest absolute Gasteiger partial charge is 0.480 e. The maximum Gasteiger partial charge on any atom is 0.323 e. The lowest BCUT2D eigenvalue weighted by molar-refractivity contribution is -0.145. The summed E-state index contributed by atoms with van der Waals surface area (Å²) in [6.07, 6.45) is 0.941. The number of benzene rings is 2. The highest BCUT2D eigenvalue weighted by atomic mass is 16.4. The van der Waals surface area contributed by atoms with E-state index in [1.807, 2.05) is 36.4 Å². The highest BCUT2D eigenvalue weighted by Crippen LogP contribution is 2.32. The predicted octanol–water partition coefficient (Wildman–Crippen LogP) is 2.65. The van der Waals surface area contributed by atoms with Gasteiger partial charge in [-0.25, -0.2) is 0 Å². The molecule has 120 valence electrons. The molecule has 1 aliphatic heterocycles. The van der Waals surface area contributed by atoms with Gasteiger partial charge in [0.1, 0.15) is 5.54 Å². The van der Waals surface area contributed by atoms with Gasteiger partial charge in [0.2, 0.25) is 0 Å². The maximum atomic E-state index is 11.3. The lowest BCUT2D eigenvalue weighted by Gasteiger charge is -2.40. The van der Waals surface area contributed by atoms with Crippen LogP contribution in [0.2, 0.25) is 0 Å². The van der Waals surface area contributed by atoms with Crippen molar-refractivity contribution in [1.82, 2.24) is 4.90 Å². The monoisotopic (exact) mass is 310 g/mol. The molecular formula is C19H22N2O2. The maximum absolute atomic E-state index is 11.3. The van der Waals surface area contributed by atoms with Crippen LogP contribution >= 0.6 is 0 Å². The summed E-state index contributed by atoms with van der Waals surface area (Å²) >= 11 is 0. The third-order valence-electron chi connectivity index (χ3n) is 4.71. The standard InChI is InChI=1S/C19H22N2O2/c20-19(18(22)23)11-13-21(14-12-19)17(15-7-3-1-4-8-15)16-9-5-2-6-10-16/h1-10,17H,11-14,20H2,(H,22,23). The zero-order chi connectivity index (χ0) is 16.3. The minimum absolute atomic E-state index is 0.135. The van der Waals surface area contributed by atoms with Gasteiger partial charge in [0.05, 0.1) is 6.04 Å². The fourth-order valence-electron chi connectivity index (χ4n) is 3.28. The van der Waals surface area contributed by atoms with Gasteiger partial charge in [0.25, 0.3) is 0 Å². The van der Waals surface area contributed by atoms with Crippen molar-refractivity contribution in [3.05, 3.63) is 71.8 Å². The van der Waals surface area contributed by atoms with Crippen LogP contribution in [0.5, 0.6) is 0 Å². The highest BCUT2D eigenvalue weighted by Gasteiger charge is 2.39. The first-order valence-corrected chi connectivity index (χ1v) is 7.96. The van der Waals surface area contributed by atoms with Crippen molar-refractivity contribution in [3.8, 4) is 0 Å². The summed E-state index contributed by atoms with van der Waals surface area (Å²) in [6, 6.07) is 20.8. The predicted molar refractivity (Wildman–Crippen MR) is 90.1 cm³/mol. The molecule has 1 saturated heterocycles. The number of nitrogens with zero attached hydrogens (tertiary/aromatic N) is 1. The molecule has 3 N–H and O–H groups in total. The van der Waals surface area contributed by atoms with Gasteiger partial charge >= 0.3 is 5.97 Å². The molecule has 2 aromatic rings. The van der Waals surface area contributed by atoms with Crippen LogP contribution < -0.4 is 5.73 Å². The number of rotatable bonds is 4. The van der Waals surface area contributed by atoms with Crippen LogP contribution in [0.4, 0.5) is 0 Å². The lowest BCUT2D eigenvalue weighted by atomic mass is 9.86. The van der Waals surface area contributed by atoms with Crippen LogP contribution in [-0.4, -0.2) is 34.6 Å². The normalized spacial score (nSPS) is 18.0. The summed E-state index contributed by atoms with van der Waals surface area (Å²) in [6.45, 7) is 1.36. The minimum atomic E-state index is -1.09. The molecule has 0 atom stereocenters. The summed E-state index contributed by atoms with van der Waals surface area (Å²) in [5.41, 5.74) is 7.37. The molecule has 0 radical (unpaired) electrons. The lowest BCUT2D eigenvalue weighted by Crippen LogP contribution is -2.56. The van der Waals surface area contributed by atoms with Gasteiger partial charge in [0.15, 0.2) is 0 Å². The van der Waals surface area contributed by atoms with Crippen molar-refractivity contribution in [3.63, 3.8) is 0 Å². The first-order chi connectivity index (χ1) is 11.1. The minimum Gasteiger partial charge on any atom is -0.480 e. The molecule has 3 rings (SSSR count). The number of likely N-dealkylation sites (tertiary alicyclic amines) is 1. The van der Waals surface area contributed by atoms with Crippen molar-refractivity contribution in [2.45, 2.75) is 24.4 Å². The summed E-state index contributed by atoms with van der Waals surface area (Å²) < 4.78 is 0. The van der Waals surface area contributed by atoms with E-state index >= 15 is 0 Å². The van der Waals surface area contributed by atoms with Gasteiger partial charge in [-0.3, -0.25) is 9.69 Å². The molecule has 0 aliphatic carbocycles. The second-order valence-electron chi connectivity index (χ2n) is 6.22. The van der Waals surface area contributed by atoms with E-state index < -0.39 is 11.5 Å². The van der Waals surface area contributed by atoms with E-state index in [1.54, 1.807) is 0 Å². The van der Waals surface area contributed by atoms with Gasteiger partial charge in [-0.1, -0.05) is 60.7 Å². The Balaban J connectivity index is 1.88. The van der Waals surface area contributed by atoms with Crippen LogP contribution in [0.25, 0.3) is 0 Å². The molecule has 1 aliphatic rings. The Hall–Kier alpha value is -2.17. The number of nitrogens with two attached hydrogens (primary N) is 1. The fourth-order valence-corrected chi connectivity index (χ4v) is 3.28. The number of carbonyl (C=O) groups is 1. The highest BCUT2D eigenvalue weighted by molar-refractivity contribution is 5.78. The third-order valence-corrected chi connectivity index (χ3v) is 4.71. The Labute approximate surface area is 136 Å². The number of carboxylic acids is 1. The average molecular weight is 310 g/mol. The number of hydrogen-bond acceptors (Lipinski definition) is 3. The molecule has 4 heteroatoms. The first kappa shape index (κ1) is 15.7. The van der Waals surface area contributed by atoms with Crippen molar-refractivity contribution in [2.75, 3.05) is 13.1 Å². The molecule has 2 aromatic carbocycles. The van der Waals surface area contributed by atoms with Crippen LogP contribution in [0.15, 0.2) is 60.7 Å². The van der Waals surface area contributed by atoms with Crippen LogP contribution in [0, 0.1) is 0 Å². The molecule has 1 fully saturated rings. The van der Waals surface area contributed by atoms with E-state index in [2.05, 4.69) is 29.2 Å². The zero-order valence-electron chi connectivity index (χ0n) is 13.1. The number of hydrogen-bond donors (Lipinski definition) is 2. The fraction of sp³-hybridized carbons (Fsp3) is 0.316. The Kier molecular flexibility index (Phi) is 4.46. The van der Waals surface area contributed by atoms with E-state index in [-0.39, 0.29) is 6.04 Å². The number of piperidine rings is 1. The van der Waals surface area contributed by atoms with Gasteiger partial charge in [-0.15, -0.1) is 0 Å². The summed E-state index contributed by atoms with van der Waals surface area (Å²) in [5.74, 6) is -0.895. The molecule has 23 heavy (non-hydrogen) atoms. The topological polar surface area (TPSA) is 66.6 Å². The van der Waals surface area contributed by atoms with Crippen molar-refractivity contribution >= 4 is 5.97 Å². The summed E-state index contributed by atoms with van der Waals surface area (Å²) in [5, 5.41) is 9.31. The molecule has 0 unspecified atom stereocenters. The Bertz CT molecular complexity index is 610. The second kappa shape index (κ2) is 6.52. The molecule has 0 amide bonds.